The molecule has 0 spiro atoms. The molecule has 7 heteroatoms. The third-order valence-corrected chi connectivity index (χ3v) is 5.13. The lowest BCUT2D eigenvalue weighted by atomic mass is 10.1. The van der Waals surface area contributed by atoms with Crippen molar-refractivity contribution in [2.24, 2.45) is 0 Å². The number of benzene rings is 1. The van der Waals surface area contributed by atoms with Gasteiger partial charge in [-0.25, -0.2) is 14.4 Å². The van der Waals surface area contributed by atoms with Crippen molar-refractivity contribution in [3.63, 3.8) is 0 Å². The van der Waals surface area contributed by atoms with Gasteiger partial charge in [0.1, 0.15) is 12.1 Å². The number of aromatic nitrogens is 4. The Labute approximate surface area is 161 Å². The van der Waals surface area contributed by atoms with Crippen LogP contribution in [0.1, 0.15) is 36.5 Å². The molecule has 2 aromatic heterocycles. The van der Waals surface area contributed by atoms with Crippen molar-refractivity contribution in [2.45, 2.75) is 43.6 Å². The fourth-order valence-corrected chi connectivity index (χ4v) is 3.56. The van der Waals surface area contributed by atoms with Crippen LogP contribution in [0.15, 0.2) is 59.1 Å². The van der Waals surface area contributed by atoms with Gasteiger partial charge in [0.25, 0.3) is 5.56 Å². The van der Waals surface area contributed by atoms with E-state index in [0.29, 0.717) is 22.9 Å². The third kappa shape index (κ3) is 5.47. The van der Waals surface area contributed by atoms with Gasteiger partial charge >= 0.3 is 0 Å². The number of hydrogen-bond donors (Lipinski definition) is 0. The fraction of sp³-hybridized carbons (Fsp3) is 0.300. The second kappa shape index (κ2) is 9.41. The lowest BCUT2D eigenvalue weighted by molar-refractivity contribution is 0.559. The SMILES string of the molecule is CCCCn1cc(Cc2cncnc2)c(=O)nc1SCc1ccc(F)cc1. The van der Waals surface area contributed by atoms with Crippen LogP contribution in [0.4, 0.5) is 4.39 Å². The Bertz CT molecular complexity index is 929. The van der Waals surface area contributed by atoms with Gasteiger partial charge in [0.2, 0.25) is 0 Å². The van der Waals surface area contributed by atoms with E-state index in [0.717, 1.165) is 30.5 Å². The minimum atomic E-state index is -0.254. The molecule has 0 aliphatic heterocycles. The second-order valence-electron chi connectivity index (χ2n) is 6.24. The third-order valence-electron chi connectivity index (χ3n) is 4.07. The Morgan fingerprint density at radius 3 is 2.56 bits per heavy atom. The van der Waals surface area contributed by atoms with Gasteiger partial charge in [-0.1, -0.05) is 37.2 Å². The van der Waals surface area contributed by atoms with E-state index in [1.165, 1.54) is 30.2 Å². The topological polar surface area (TPSA) is 60.7 Å². The Morgan fingerprint density at radius 1 is 1.11 bits per heavy atom. The summed E-state index contributed by atoms with van der Waals surface area (Å²) in [6.45, 7) is 2.93. The fourth-order valence-electron chi connectivity index (χ4n) is 2.62. The van der Waals surface area contributed by atoms with Gasteiger partial charge < -0.3 is 4.57 Å². The van der Waals surface area contributed by atoms with Gasteiger partial charge in [-0.2, -0.15) is 4.98 Å². The summed E-state index contributed by atoms with van der Waals surface area (Å²) in [5.41, 5.74) is 2.27. The van der Waals surface area contributed by atoms with E-state index in [2.05, 4.69) is 21.9 Å². The lowest BCUT2D eigenvalue weighted by Gasteiger charge is -2.13. The molecular weight excluding hydrogens is 363 g/mol. The van der Waals surface area contributed by atoms with E-state index in [4.69, 9.17) is 0 Å². The summed E-state index contributed by atoms with van der Waals surface area (Å²) in [5, 5.41) is 0.686. The van der Waals surface area contributed by atoms with Crippen molar-refractivity contribution in [1.29, 1.82) is 0 Å². The first kappa shape index (κ1) is 19.2. The van der Waals surface area contributed by atoms with Gasteiger partial charge in [0.05, 0.1) is 0 Å². The van der Waals surface area contributed by atoms with Crippen LogP contribution in [-0.4, -0.2) is 19.5 Å². The Kier molecular flexibility index (Phi) is 6.70. The number of halogens is 1. The maximum Gasteiger partial charge on any atom is 0.277 e. The monoisotopic (exact) mass is 384 g/mol. The molecule has 0 aliphatic rings. The van der Waals surface area contributed by atoms with E-state index in [1.807, 2.05) is 10.8 Å². The summed E-state index contributed by atoms with van der Waals surface area (Å²) in [6, 6.07) is 6.39. The van der Waals surface area contributed by atoms with Gasteiger partial charge in [0, 0.05) is 42.9 Å². The van der Waals surface area contributed by atoms with Crippen molar-refractivity contribution in [2.75, 3.05) is 0 Å². The van der Waals surface area contributed by atoms with Crippen LogP contribution >= 0.6 is 11.8 Å². The molecule has 0 atom stereocenters. The van der Waals surface area contributed by atoms with Gasteiger partial charge in [-0.05, 0) is 29.7 Å². The van der Waals surface area contributed by atoms with Crippen molar-refractivity contribution in [3.05, 3.63) is 82.0 Å². The van der Waals surface area contributed by atoms with Crippen molar-refractivity contribution in [1.82, 2.24) is 19.5 Å². The summed E-state index contributed by atoms with van der Waals surface area (Å²) in [4.78, 5) is 24.8. The Morgan fingerprint density at radius 2 is 1.85 bits per heavy atom. The first-order chi connectivity index (χ1) is 13.2. The molecular formula is C20H21FN4OS. The van der Waals surface area contributed by atoms with E-state index in [1.54, 1.807) is 24.5 Å². The largest absolute Gasteiger partial charge is 0.327 e. The highest BCUT2D eigenvalue weighted by atomic mass is 32.2. The summed E-state index contributed by atoms with van der Waals surface area (Å²) in [6.07, 6.45) is 9.29. The maximum absolute atomic E-state index is 13.1. The van der Waals surface area contributed by atoms with E-state index < -0.39 is 0 Å². The summed E-state index contributed by atoms with van der Waals surface area (Å²) in [5.74, 6) is 0.376. The summed E-state index contributed by atoms with van der Waals surface area (Å²) < 4.78 is 15.1. The molecule has 0 amide bonds. The van der Waals surface area contributed by atoms with Crippen LogP contribution in [0.2, 0.25) is 0 Å². The lowest BCUT2D eigenvalue weighted by Crippen LogP contribution is -2.20. The molecule has 1 aromatic carbocycles. The second-order valence-corrected chi connectivity index (χ2v) is 7.18. The molecule has 0 fully saturated rings. The number of rotatable bonds is 8. The highest BCUT2D eigenvalue weighted by molar-refractivity contribution is 7.98. The molecule has 0 unspecified atom stereocenters. The molecule has 3 aromatic rings. The molecule has 2 heterocycles. The zero-order valence-corrected chi connectivity index (χ0v) is 16.0. The van der Waals surface area contributed by atoms with Crippen LogP contribution in [-0.2, 0) is 18.7 Å². The average Bonchev–Trinajstić information content (AvgIpc) is 2.69. The van der Waals surface area contributed by atoms with Crippen molar-refractivity contribution < 1.29 is 4.39 Å². The zero-order valence-electron chi connectivity index (χ0n) is 15.1. The molecule has 140 valence electrons. The maximum atomic E-state index is 13.1. The molecule has 0 radical (unpaired) electrons. The van der Waals surface area contributed by atoms with Crippen LogP contribution in [0.25, 0.3) is 0 Å². The predicted molar refractivity (Wildman–Crippen MR) is 104 cm³/mol. The smallest absolute Gasteiger partial charge is 0.277 e. The van der Waals surface area contributed by atoms with Crippen LogP contribution in [0, 0.1) is 5.82 Å². The molecule has 27 heavy (non-hydrogen) atoms. The summed E-state index contributed by atoms with van der Waals surface area (Å²) in [7, 11) is 0. The van der Waals surface area contributed by atoms with Crippen LogP contribution < -0.4 is 5.56 Å². The quantitative estimate of drug-likeness (QED) is 0.436. The Balaban J connectivity index is 1.82. The van der Waals surface area contributed by atoms with Crippen LogP contribution in [0.3, 0.4) is 0 Å². The molecule has 0 aliphatic carbocycles. The Hall–Kier alpha value is -2.54. The normalized spacial score (nSPS) is 10.9. The molecule has 3 rings (SSSR count). The number of hydrogen-bond acceptors (Lipinski definition) is 5. The first-order valence-corrected chi connectivity index (χ1v) is 9.85. The minimum absolute atomic E-state index is 0.229. The highest BCUT2D eigenvalue weighted by Crippen LogP contribution is 2.21. The van der Waals surface area contributed by atoms with E-state index in [9.17, 15) is 9.18 Å². The molecule has 5 nitrogen and oxygen atoms in total. The standard InChI is InChI=1S/C20H21FN4OS/c1-2-3-8-25-12-17(9-16-10-22-14-23-11-16)19(26)24-20(25)27-13-15-4-6-18(21)7-5-15/h4-7,10-12,14H,2-3,8-9,13H2,1H3. The van der Waals surface area contributed by atoms with Crippen LogP contribution in [0.5, 0.6) is 0 Å². The number of aryl methyl sites for hydroxylation is 1. The number of thioether (sulfide) groups is 1. The molecule has 0 saturated carbocycles. The number of unbranched alkanes of at least 4 members (excludes halogenated alkanes) is 1. The minimum Gasteiger partial charge on any atom is -0.327 e. The van der Waals surface area contributed by atoms with E-state index >= 15 is 0 Å². The highest BCUT2D eigenvalue weighted by Gasteiger charge is 2.11. The van der Waals surface area contributed by atoms with Gasteiger partial charge in [0.15, 0.2) is 5.16 Å². The molecule has 0 N–H and O–H groups in total. The van der Waals surface area contributed by atoms with Crippen molar-refractivity contribution >= 4 is 11.8 Å². The van der Waals surface area contributed by atoms with Gasteiger partial charge in [-0.15, -0.1) is 0 Å². The first-order valence-electron chi connectivity index (χ1n) is 8.87. The summed E-state index contributed by atoms with van der Waals surface area (Å²) >= 11 is 1.49. The number of nitrogens with zero attached hydrogens (tertiary/aromatic N) is 4. The van der Waals surface area contributed by atoms with Gasteiger partial charge in [-0.3, -0.25) is 4.79 Å². The molecule has 0 saturated heterocycles. The van der Waals surface area contributed by atoms with E-state index in [-0.39, 0.29) is 11.4 Å². The average molecular weight is 384 g/mol. The zero-order chi connectivity index (χ0) is 19.1. The predicted octanol–water partition coefficient (Wildman–Crippen LogP) is 3.86. The van der Waals surface area contributed by atoms with Crippen molar-refractivity contribution in [3.8, 4) is 0 Å². The molecule has 0 bridgehead atoms.